The molecule has 0 saturated carbocycles. The molecular weight excluding hydrogens is 148 g/mol. The number of hydrogen-bond donors (Lipinski definition) is 2. The van der Waals surface area contributed by atoms with Crippen LogP contribution < -0.4 is 5.73 Å². The lowest BCUT2D eigenvalue weighted by atomic mass is 10.1. The van der Waals surface area contributed by atoms with Crippen molar-refractivity contribution in [2.24, 2.45) is 5.73 Å². The summed E-state index contributed by atoms with van der Waals surface area (Å²) in [6.07, 6.45) is 1.95. The first-order valence-electron chi connectivity index (χ1n) is 4.08. The second-order valence-corrected chi connectivity index (χ2v) is 3.05. The van der Waals surface area contributed by atoms with Crippen molar-refractivity contribution in [2.75, 3.05) is 0 Å². The Morgan fingerprint density at radius 3 is 3.00 bits per heavy atom. The minimum Gasteiger partial charge on any atom is -0.361 e. The molecule has 0 atom stereocenters. The molecule has 0 aliphatic carbocycles. The van der Waals surface area contributed by atoms with E-state index in [-0.39, 0.29) is 0 Å². The van der Waals surface area contributed by atoms with Crippen LogP contribution in [0.4, 0.5) is 0 Å². The van der Waals surface area contributed by atoms with Crippen LogP contribution in [0.3, 0.4) is 0 Å². The minimum absolute atomic E-state index is 0.612. The quantitative estimate of drug-likeness (QED) is 0.657. The SMILES string of the molecule is Cc1cc2cc[nH]c2cc1CN. The molecule has 2 rings (SSSR count). The van der Waals surface area contributed by atoms with E-state index in [1.165, 1.54) is 22.0 Å². The first-order valence-corrected chi connectivity index (χ1v) is 4.08. The Bertz CT molecular complexity index is 401. The van der Waals surface area contributed by atoms with E-state index in [1.54, 1.807) is 0 Å². The van der Waals surface area contributed by atoms with Crippen molar-refractivity contribution in [3.63, 3.8) is 0 Å². The number of nitrogens with two attached hydrogens (primary N) is 1. The lowest BCUT2D eigenvalue weighted by Crippen LogP contribution is -1.98. The van der Waals surface area contributed by atoms with E-state index < -0.39 is 0 Å². The highest BCUT2D eigenvalue weighted by Crippen LogP contribution is 2.17. The van der Waals surface area contributed by atoms with Gasteiger partial charge in [0, 0.05) is 18.3 Å². The normalized spacial score (nSPS) is 10.8. The van der Waals surface area contributed by atoms with Crippen LogP contribution in [0.15, 0.2) is 24.4 Å². The van der Waals surface area contributed by atoms with Crippen LogP contribution in [0.2, 0.25) is 0 Å². The van der Waals surface area contributed by atoms with Crippen LogP contribution >= 0.6 is 0 Å². The van der Waals surface area contributed by atoms with Gasteiger partial charge in [-0.3, -0.25) is 0 Å². The van der Waals surface area contributed by atoms with Gasteiger partial charge in [-0.2, -0.15) is 0 Å². The predicted octanol–water partition coefficient (Wildman–Crippen LogP) is 1.94. The average Bonchev–Trinajstić information content (AvgIpc) is 2.49. The zero-order valence-corrected chi connectivity index (χ0v) is 7.09. The Labute approximate surface area is 71.4 Å². The van der Waals surface area contributed by atoms with Crippen LogP contribution in [0.25, 0.3) is 10.9 Å². The number of nitrogens with one attached hydrogen (secondary N) is 1. The third-order valence-electron chi connectivity index (χ3n) is 2.23. The number of H-pyrrole nitrogens is 1. The smallest absolute Gasteiger partial charge is 0.0457 e. The number of hydrogen-bond acceptors (Lipinski definition) is 1. The Hall–Kier alpha value is -1.28. The Balaban J connectivity index is 2.73. The highest BCUT2D eigenvalue weighted by atomic mass is 14.7. The van der Waals surface area contributed by atoms with E-state index in [9.17, 15) is 0 Å². The van der Waals surface area contributed by atoms with Gasteiger partial charge < -0.3 is 10.7 Å². The van der Waals surface area contributed by atoms with Gasteiger partial charge in [0.25, 0.3) is 0 Å². The summed E-state index contributed by atoms with van der Waals surface area (Å²) in [5, 5.41) is 1.25. The summed E-state index contributed by atoms with van der Waals surface area (Å²) in [4.78, 5) is 3.17. The van der Waals surface area contributed by atoms with Gasteiger partial charge in [-0.1, -0.05) is 0 Å². The largest absolute Gasteiger partial charge is 0.361 e. The molecule has 62 valence electrons. The van der Waals surface area contributed by atoms with Crippen molar-refractivity contribution in [1.82, 2.24) is 4.98 Å². The zero-order valence-electron chi connectivity index (χ0n) is 7.09. The summed E-state index contributed by atoms with van der Waals surface area (Å²) < 4.78 is 0. The van der Waals surface area contributed by atoms with Gasteiger partial charge in [-0.25, -0.2) is 0 Å². The molecule has 1 heterocycles. The first kappa shape index (κ1) is 7.37. The number of benzene rings is 1. The average molecular weight is 160 g/mol. The van der Waals surface area contributed by atoms with Gasteiger partial charge in [-0.15, -0.1) is 0 Å². The molecule has 12 heavy (non-hydrogen) atoms. The molecule has 0 unspecified atom stereocenters. The standard InChI is InChI=1S/C10H12N2/c1-7-4-8-2-3-12-10(8)5-9(7)6-11/h2-5,12H,6,11H2,1H3. The summed E-state index contributed by atoms with van der Waals surface area (Å²) in [6.45, 7) is 2.70. The Morgan fingerprint density at radius 1 is 1.42 bits per heavy atom. The fourth-order valence-corrected chi connectivity index (χ4v) is 1.48. The van der Waals surface area contributed by atoms with Crippen molar-refractivity contribution in [3.8, 4) is 0 Å². The number of rotatable bonds is 1. The molecular formula is C10H12N2. The summed E-state index contributed by atoms with van der Waals surface area (Å²) in [7, 11) is 0. The summed E-state index contributed by atoms with van der Waals surface area (Å²) in [5.74, 6) is 0. The highest BCUT2D eigenvalue weighted by Gasteiger charge is 1.99. The maximum absolute atomic E-state index is 5.60. The second kappa shape index (κ2) is 2.64. The minimum atomic E-state index is 0.612. The van der Waals surface area contributed by atoms with E-state index >= 15 is 0 Å². The molecule has 1 aromatic heterocycles. The lowest BCUT2D eigenvalue weighted by Gasteiger charge is -2.02. The molecule has 0 aliphatic heterocycles. The van der Waals surface area contributed by atoms with E-state index in [2.05, 4.69) is 30.1 Å². The molecule has 2 nitrogen and oxygen atoms in total. The maximum atomic E-state index is 5.60. The van der Waals surface area contributed by atoms with Crippen LogP contribution in [-0.2, 0) is 6.54 Å². The molecule has 2 heteroatoms. The molecule has 0 amide bonds. The molecule has 0 fully saturated rings. The summed E-state index contributed by atoms with van der Waals surface area (Å²) >= 11 is 0. The van der Waals surface area contributed by atoms with E-state index in [1.807, 2.05) is 6.20 Å². The fraction of sp³-hybridized carbons (Fsp3) is 0.200. The van der Waals surface area contributed by atoms with Gasteiger partial charge >= 0.3 is 0 Å². The number of fused-ring (bicyclic) bond motifs is 1. The third-order valence-corrected chi connectivity index (χ3v) is 2.23. The summed E-state index contributed by atoms with van der Waals surface area (Å²) in [5.41, 5.74) is 9.25. The Kier molecular flexibility index (Phi) is 1.62. The maximum Gasteiger partial charge on any atom is 0.0457 e. The van der Waals surface area contributed by atoms with Gasteiger partial charge in [0.1, 0.15) is 0 Å². The fourth-order valence-electron chi connectivity index (χ4n) is 1.48. The van der Waals surface area contributed by atoms with Crippen LogP contribution in [0, 0.1) is 6.92 Å². The van der Waals surface area contributed by atoms with Crippen LogP contribution in [0.5, 0.6) is 0 Å². The number of aromatic nitrogens is 1. The highest BCUT2D eigenvalue weighted by molar-refractivity contribution is 5.80. The Morgan fingerprint density at radius 2 is 2.25 bits per heavy atom. The predicted molar refractivity (Wildman–Crippen MR) is 50.9 cm³/mol. The van der Waals surface area contributed by atoms with E-state index in [0.29, 0.717) is 6.54 Å². The van der Waals surface area contributed by atoms with Crippen molar-refractivity contribution >= 4 is 10.9 Å². The topological polar surface area (TPSA) is 41.8 Å². The molecule has 0 radical (unpaired) electrons. The third kappa shape index (κ3) is 1.01. The molecule has 0 saturated heterocycles. The lowest BCUT2D eigenvalue weighted by molar-refractivity contribution is 1.05. The second-order valence-electron chi connectivity index (χ2n) is 3.05. The monoisotopic (exact) mass is 160 g/mol. The van der Waals surface area contributed by atoms with Crippen LogP contribution in [0.1, 0.15) is 11.1 Å². The van der Waals surface area contributed by atoms with Gasteiger partial charge in [-0.05, 0) is 41.6 Å². The van der Waals surface area contributed by atoms with E-state index in [0.717, 1.165) is 0 Å². The van der Waals surface area contributed by atoms with Crippen molar-refractivity contribution in [2.45, 2.75) is 13.5 Å². The molecule has 0 aliphatic rings. The molecule has 2 aromatic rings. The van der Waals surface area contributed by atoms with Crippen molar-refractivity contribution in [1.29, 1.82) is 0 Å². The molecule has 1 aromatic carbocycles. The molecule has 0 bridgehead atoms. The summed E-state index contributed by atoms with van der Waals surface area (Å²) in [6, 6.07) is 6.35. The zero-order chi connectivity index (χ0) is 8.55. The molecule has 0 spiro atoms. The number of aromatic amines is 1. The number of aryl methyl sites for hydroxylation is 1. The van der Waals surface area contributed by atoms with Crippen molar-refractivity contribution < 1.29 is 0 Å². The van der Waals surface area contributed by atoms with Gasteiger partial charge in [0.15, 0.2) is 0 Å². The molecule has 3 N–H and O–H groups in total. The van der Waals surface area contributed by atoms with Gasteiger partial charge in [0.2, 0.25) is 0 Å². The van der Waals surface area contributed by atoms with E-state index in [4.69, 9.17) is 5.73 Å². The van der Waals surface area contributed by atoms with Crippen LogP contribution in [-0.4, -0.2) is 4.98 Å². The van der Waals surface area contributed by atoms with Crippen molar-refractivity contribution in [3.05, 3.63) is 35.5 Å². The first-order chi connectivity index (χ1) is 5.81. The van der Waals surface area contributed by atoms with Gasteiger partial charge in [0.05, 0.1) is 0 Å².